The summed E-state index contributed by atoms with van der Waals surface area (Å²) in [7, 11) is 5.44. The summed E-state index contributed by atoms with van der Waals surface area (Å²) >= 11 is 0. The molecular weight excluding hydrogens is 368 g/mol. The zero-order valence-electron chi connectivity index (χ0n) is 17.5. The molecule has 6 heteroatoms. The van der Waals surface area contributed by atoms with Gasteiger partial charge in [0, 0.05) is 36.9 Å². The molecule has 0 fully saturated rings. The summed E-state index contributed by atoms with van der Waals surface area (Å²) in [5, 5.41) is 0. The maximum absolute atomic E-state index is 13.2. The predicted molar refractivity (Wildman–Crippen MR) is 116 cm³/mol. The maximum atomic E-state index is 13.2. The van der Waals surface area contributed by atoms with Crippen LogP contribution in [0.3, 0.4) is 0 Å². The second-order valence-electron chi connectivity index (χ2n) is 7.15. The molecule has 2 N–H and O–H groups in total. The second kappa shape index (κ2) is 8.90. The van der Waals surface area contributed by atoms with Gasteiger partial charge in [0.25, 0.3) is 0 Å². The number of ketones is 1. The van der Waals surface area contributed by atoms with Crippen LogP contribution >= 0.6 is 0 Å². The lowest BCUT2D eigenvalue weighted by atomic mass is 9.96. The van der Waals surface area contributed by atoms with Crippen LogP contribution in [-0.2, 0) is 0 Å². The number of anilines is 2. The van der Waals surface area contributed by atoms with Crippen molar-refractivity contribution in [3.05, 3.63) is 47.0 Å². The molecule has 0 unspecified atom stereocenters. The summed E-state index contributed by atoms with van der Waals surface area (Å²) in [6, 6.07) is 9.09. The molecule has 0 atom stereocenters. The normalized spacial score (nSPS) is 13.2. The predicted octanol–water partition coefficient (Wildman–Crippen LogP) is 4.18. The van der Waals surface area contributed by atoms with Crippen molar-refractivity contribution >= 4 is 23.2 Å². The molecule has 2 aromatic rings. The largest absolute Gasteiger partial charge is 0.496 e. The van der Waals surface area contributed by atoms with Gasteiger partial charge in [-0.1, -0.05) is 13.3 Å². The Hall–Kier alpha value is -3.15. The highest BCUT2D eigenvalue weighted by molar-refractivity contribution is 6.12. The Balaban J connectivity index is 2.00. The highest BCUT2D eigenvalue weighted by Gasteiger charge is 2.18. The minimum Gasteiger partial charge on any atom is -0.496 e. The molecule has 1 aliphatic heterocycles. The molecule has 0 amide bonds. The number of ether oxygens (including phenoxy) is 3. The van der Waals surface area contributed by atoms with Crippen molar-refractivity contribution in [3.8, 4) is 17.2 Å². The summed E-state index contributed by atoms with van der Waals surface area (Å²) in [5.74, 6) is 1.91. The van der Waals surface area contributed by atoms with E-state index in [-0.39, 0.29) is 5.78 Å². The number of hydrogen-bond acceptors (Lipinski definition) is 6. The highest BCUT2D eigenvalue weighted by atomic mass is 16.6. The zero-order chi connectivity index (χ0) is 21.0. The van der Waals surface area contributed by atoms with Crippen LogP contribution in [0, 0.1) is 0 Å². The van der Waals surface area contributed by atoms with E-state index in [0.717, 1.165) is 17.7 Å². The van der Waals surface area contributed by atoms with Gasteiger partial charge in [0.05, 0.1) is 18.5 Å². The fourth-order valence-electron chi connectivity index (χ4n) is 3.37. The minimum absolute atomic E-state index is 0.0409. The number of allylic oxidation sites excluding steroid dienone is 1. The van der Waals surface area contributed by atoms with E-state index in [0.29, 0.717) is 53.7 Å². The van der Waals surface area contributed by atoms with Crippen LogP contribution in [0.2, 0.25) is 0 Å². The van der Waals surface area contributed by atoms with E-state index >= 15 is 0 Å². The van der Waals surface area contributed by atoms with Crippen molar-refractivity contribution in [2.75, 3.05) is 45.1 Å². The lowest BCUT2D eigenvalue weighted by molar-refractivity contribution is 0.103. The van der Waals surface area contributed by atoms with Crippen molar-refractivity contribution in [3.63, 3.8) is 0 Å². The molecule has 3 rings (SSSR count). The van der Waals surface area contributed by atoms with Crippen molar-refractivity contribution in [1.82, 2.24) is 0 Å². The van der Waals surface area contributed by atoms with Crippen molar-refractivity contribution in [2.45, 2.75) is 19.8 Å². The SMILES string of the molecule is CCCC(=Cc1cc2c(cc1OC)OCCO2)C(=O)c1ccc(N(C)C)c(N)c1. The lowest BCUT2D eigenvalue weighted by Gasteiger charge is -2.20. The molecule has 0 aliphatic carbocycles. The first-order valence-corrected chi connectivity index (χ1v) is 9.74. The molecule has 0 saturated carbocycles. The van der Waals surface area contributed by atoms with Crippen LogP contribution in [0.5, 0.6) is 17.2 Å². The maximum Gasteiger partial charge on any atom is 0.189 e. The third-order valence-corrected chi connectivity index (χ3v) is 4.81. The van der Waals surface area contributed by atoms with Gasteiger partial charge in [-0.25, -0.2) is 0 Å². The van der Waals surface area contributed by atoms with E-state index in [2.05, 4.69) is 0 Å². The van der Waals surface area contributed by atoms with E-state index in [1.54, 1.807) is 19.2 Å². The number of fused-ring (bicyclic) bond motifs is 1. The Labute approximate surface area is 171 Å². The fourth-order valence-corrected chi connectivity index (χ4v) is 3.37. The van der Waals surface area contributed by atoms with E-state index in [1.807, 2.05) is 50.2 Å². The number of nitrogen functional groups attached to an aromatic ring is 1. The summed E-state index contributed by atoms with van der Waals surface area (Å²) in [5.41, 5.74) is 9.66. The Morgan fingerprint density at radius 2 is 1.86 bits per heavy atom. The zero-order valence-corrected chi connectivity index (χ0v) is 17.5. The molecule has 1 heterocycles. The molecule has 1 aliphatic rings. The van der Waals surface area contributed by atoms with Gasteiger partial charge in [-0.3, -0.25) is 4.79 Å². The number of carbonyl (C=O) groups excluding carboxylic acids is 1. The number of hydrogen-bond donors (Lipinski definition) is 1. The smallest absolute Gasteiger partial charge is 0.189 e. The molecule has 0 bridgehead atoms. The molecular formula is C23H28N2O4. The van der Waals surface area contributed by atoms with Crippen LogP contribution in [0.15, 0.2) is 35.9 Å². The molecule has 154 valence electrons. The standard InChI is InChI=1S/C23H28N2O4/c1-5-6-15(23(26)16-7-8-19(25(2)3)18(24)12-16)11-17-13-21-22(14-20(17)27-4)29-10-9-28-21/h7-8,11-14H,5-6,9-10,24H2,1-4H3. The highest BCUT2D eigenvalue weighted by Crippen LogP contribution is 2.38. The Bertz CT molecular complexity index is 935. The number of benzene rings is 2. The van der Waals surface area contributed by atoms with Crippen LogP contribution in [0.1, 0.15) is 35.7 Å². The van der Waals surface area contributed by atoms with Gasteiger partial charge in [-0.15, -0.1) is 0 Å². The third-order valence-electron chi connectivity index (χ3n) is 4.81. The van der Waals surface area contributed by atoms with E-state index in [9.17, 15) is 4.79 Å². The van der Waals surface area contributed by atoms with E-state index in [1.165, 1.54) is 0 Å². The summed E-state index contributed by atoms with van der Waals surface area (Å²) < 4.78 is 16.8. The summed E-state index contributed by atoms with van der Waals surface area (Å²) in [6.45, 7) is 3.06. The third kappa shape index (κ3) is 4.47. The average Bonchev–Trinajstić information content (AvgIpc) is 2.72. The minimum atomic E-state index is -0.0409. The molecule has 0 radical (unpaired) electrons. The summed E-state index contributed by atoms with van der Waals surface area (Å²) in [6.07, 6.45) is 3.36. The van der Waals surface area contributed by atoms with Gasteiger partial charge in [0.1, 0.15) is 19.0 Å². The molecule has 2 aromatic carbocycles. The topological polar surface area (TPSA) is 74.0 Å². The second-order valence-corrected chi connectivity index (χ2v) is 7.15. The van der Waals surface area contributed by atoms with Crippen molar-refractivity contribution in [1.29, 1.82) is 0 Å². The Morgan fingerprint density at radius 3 is 2.45 bits per heavy atom. The van der Waals surface area contributed by atoms with Crippen LogP contribution in [0.25, 0.3) is 6.08 Å². The monoisotopic (exact) mass is 396 g/mol. The van der Waals surface area contributed by atoms with Crippen LogP contribution in [-0.4, -0.2) is 40.2 Å². The van der Waals surface area contributed by atoms with Gasteiger partial charge in [-0.2, -0.15) is 0 Å². The van der Waals surface area contributed by atoms with Gasteiger partial charge in [0.2, 0.25) is 0 Å². The van der Waals surface area contributed by atoms with Gasteiger partial charge in [-0.05, 0) is 36.8 Å². The number of Topliss-reactive ketones (excluding diaryl/α,β-unsaturated/α-hetero) is 1. The van der Waals surface area contributed by atoms with Crippen molar-refractivity contribution < 1.29 is 19.0 Å². The Morgan fingerprint density at radius 1 is 1.17 bits per heavy atom. The number of nitrogens with two attached hydrogens (primary N) is 1. The summed E-state index contributed by atoms with van der Waals surface area (Å²) in [4.78, 5) is 15.1. The fraction of sp³-hybridized carbons (Fsp3) is 0.348. The first-order chi connectivity index (χ1) is 13.9. The molecule has 0 aromatic heterocycles. The van der Waals surface area contributed by atoms with Crippen LogP contribution in [0.4, 0.5) is 11.4 Å². The van der Waals surface area contributed by atoms with Crippen molar-refractivity contribution in [2.24, 2.45) is 0 Å². The van der Waals surface area contributed by atoms with Gasteiger partial charge >= 0.3 is 0 Å². The van der Waals surface area contributed by atoms with Gasteiger partial charge in [0.15, 0.2) is 17.3 Å². The molecule has 29 heavy (non-hydrogen) atoms. The number of nitrogens with zero attached hydrogens (tertiary/aromatic N) is 1. The molecule has 0 saturated heterocycles. The van der Waals surface area contributed by atoms with Crippen LogP contribution < -0.4 is 24.8 Å². The number of methoxy groups -OCH3 is 1. The Kier molecular flexibility index (Phi) is 6.32. The van der Waals surface area contributed by atoms with E-state index < -0.39 is 0 Å². The number of carbonyl (C=O) groups is 1. The lowest BCUT2D eigenvalue weighted by Crippen LogP contribution is -2.15. The first-order valence-electron chi connectivity index (χ1n) is 9.74. The number of rotatable bonds is 7. The quantitative estimate of drug-likeness (QED) is 0.430. The van der Waals surface area contributed by atoms with Gasteiger partial charge < -0.3 is 24.8 Å². The van der Waals surface area contributed by atoms with E-state index in [4.69, 9.17) is 19.9 Å². The average molecular weight is 396 g/mol. The molecule has 6 nitrogen and oxygen atoms in total. The first kappa shape index (κ1) is 20.6. The molecule has 0 spiro atoms.